The molecule has 0 amide bonds. The Kier molecular flexibility index (Phi) is 4.99. The molecule has 0 aromatic heterocycles. The van der Waals surface area contributed by atoms with E-state index in [2.05, 4.69) is 0 Å². The van der Waals surface area contributed by atoms with E-state index in [0.717, 1.165) is 19.3 Å². The van der Waals surface area contributed by atoms with Crippen molar-refractivity contribution >= 4 is 5.97 Å². The third kappa shape index (κ3) is 3.98. The van der Waals surface area contributed by atoms with Crippen molar-refractivity contribution < 1.29 is 14.6 Å². The zero-order valence-electron chi connectivity index (χ0n) is 11.5. The molecule has 0 heterocycles. The fourth-order valence-electron chi connectivity index (χ4n) is 2.49. The fourth-order valence-corrected chi connectivity index (χ4v) is 2.49. The van der Waals surface area contributed by atoms with Crippen LogP contribution < -0.4 is 0 Å². The first kappa shape index (κ1) is 14.5. The van der Waals surface area contributed by atoms with E-state index in [4.69, 9.17) is 4.74 Å². The molecule has 1 fully saturated rings. The Morgan fingerprint density at radius 1 is 1.41 bits per heavy atom. The van der Waals surface area contributed by atoms with Gasteiger partial charge in [0.05, 0.1) is 11.5 Å². The smallest absolute Gasteiger partial charge is 0.309 e. The van der Waals surface area contributed by atoms with Gasteiger partial charge in [-0.15, -0.1) is 0 Å². The summed E-state index contributed by atoms with van der Waals surface area (Å²) in [5.41, 5.74) is -0.946. The largest absolute Gasteiger partial charge is 0.459 e. The average molecular weight is 242 g/mol. The molecular weight excluding hydrogens is 216 g/mol. The summed E-state index contributed by atoms with van der Waals surface area (Å²) in [7, 11) is 0. The molecule has 3 heteroatoms. The molecule has 1 saturated carbocycles. The van der Waals surface area contributed by atoms with Gasteiger partial charge in [-0.2, -0.15) is 0 Å². The molecule has 1 aliphatic rings. The monoisotopic (exact) mass is 242 g/mol. The number of esters is 1. The quantitative estimate of drug-likeness (QED) is 0.754. The molecule has 2 unspecified atom stereocenters. The van der Waals surface area contributed by atoms with Crippen molar-refractivity contribution in [1.82, 2.24) is 0 Å². The molecule has 0 saturated heterocycles. The number of rotatable bonds is 5. The predicted octanol–water partition coefficient (Wildman–Crippen LogP) is 2.91. The van der Waals surface area contributed by atoms with Crippen molar-refractivity contribution in [2.75, 3.05) is 0 Å². The first-order valence-electron chi connectivity index (χ1n) is 6.79. The second-order valence-electron chi connectivity index (χ2n) is 5.86. The van der Waals surface area contributed by atoms with Gasteiger partial charge in [0.1, 0.15) is 6.10 Å². The molecular formula is C14H26O3. The lowest BCUT2D eigenvalue weighted by atomic mass is 9.88. The van der Waals surface area contributed by atoms with Crippen LogP contribution in [0.1, 0.15) is 59.8 Å². The molecule has 2 atom stereocenters. The molecule has 0 radical (unpaired) electrons. The number of hydrogen-bond acceptors (Lipinski definition) is 3. The van der Waals surface area contributed by atoms with Crippen molar-refractivity contribution in [1.29, 1.82) is 0 Å². The highest BCUT2D eigenvalue weighted by molar-refractivity contribution is 5.72. The van der Waals surface area contributed by atoms with E-state index in [0.29, 0.717) is 5.92 Å². The van der Waals surface area contributed by atoms with Gasteiger partial charge in [0.25, 0.3) is 0 Å². The zero-order valence-corrected chi connectivity index (χ0v) is 11.5. The van der Waals surface area contributed by atoms with E-state index < -0.39 is 5.60 Å². The molecule has 0 aromatic carbocycles. The first-order chi connectivity index (χ1) is 7.86. The van der Waals surface area contributed by atoms with Crippen LogP contribution in [0.25, 0.3) is 0 Å². The van der Waals surface area contributed by atoms with Crippen LogP contribution >= 0.6 is 0 Å². The van der Waals surface area contributed by atoms with Gasteiger partial charge in [-0.05, 0) is 39.0 Å². The fraction of sp³-hybridized carbons (Fsp3) is 0.929. The van der Waals surface area contributed by atoms with E-state index in [-0.39, 0.29) is 18.0 Å². The number of ether oxygens (including phenoxy) is 1. The van der Waals surface area contributed by atoms with Gasteiger partial charge in [-0.25, -0.2) is 0 Å². The number of hydrogen-bond donors (Lipinski definition) is 1. The minimum atomic E-state index is -0.946. The van der Waals surface area contributed by atoms with Crippen LogP contribution in [0.2, 0.25) is 0 Å². The summed E-state index contributed by atoms with van der Waals surface area (Å²) in [5, 5.41) is 10.2. The molecule has 1 aliphatic carbocycles. The zero-order chi connectivity index (χ0) is 13.1. The molecule has 0 bridgehead atoms. The van der Waals surface area contributed by atoms with E-state index in [9.17, 15) is 9.90 Å². The van der Waals surface area contributed by atoms with Crippen molar-refractivity contribution in [3.05, 3.63) is 0 Å². The average Bonchev–Trinajstić information content (AvgIpc) is 2.75. The Morgan fingerprint density at radius 3 is 2.35 bits per heavy atom. The Morgan fingerprint density at radius 2 is 1.94 bits per heavy atom. The molecule has 100 valence electrons. The van der Waals surface area contributed by atoms with Crippen LogP contribution in [0.3, 0.4) is 0 Å². The van der Waals surface area contributed by atoms with Crippen LogP contribution in [0.4, 0.5) is 0 Å². The number of carbonyl (C=O) groups is 1. The minimum Gasteiger partial charge on any atom is -0.459 e. The molecule has 3 nitrogen and oxygen atoms in total. The van der Waals surface area contributed by atoms with Crippen LogP contribution in [0.5, 0.6) is 0 Å². The molecule has 0 spiro atoms. The second kappa shape index (κ2) is 5.85. The van der Waals surface area contributed by atoms with Crippen molar-refractivity contribution in [2.24, 2.45) is 11.8 Å². The number of carbonyl (C=O) groups excluding carboxylic acids is 1. The normalized spacial score (nSPS) is 21.2. The van der Waals surface area contributed by atoms with Gasteiger partial charge >= 0.3 is 5.97 Å². The molecule has 17 heavy (non-hydrogen) atoms. The summed E-state index contributed by atoms with van der Waals surface area (Å²) >= 11 is 0. The lowest BCUT2D eigenvalue weighted by Gasteiger charge is -2.34. The minimum absolute atomic E-state index is 0.0822. The summed E-state index contributed by atoms with van der Waals surface area (Å²) in [6, 6.07) is 0. The molecule has 0 aromatic rings. The maximum atomic E-state index is 11.9. The van der Waals surface area contributed by atoms with E-state index >= 15 is 0 Å². The van der Waals surface area contributed by atoms with Crippen molar-refractivity contribution in [3.8, 4) is 0 Å². The first-order valence-corrected chi connectivity index (χ1v) is 6.79. The van der Waals surface area contributed by atoms with Gasteiger partial charge in [0, 0.05) is 0 Å². The van der Waals surface area contributed by atoms with Gasteiger partial charge in [-0.3, -0.25) is 4.79 Å². The maximum absolute atomic E-state index is 11.9. The summed E-state index contributed by atoms with van der Waals surface area (Å²) < 4.78 is 5.56. The Hall–Kier alpha value is -0.570. The topological polar surface area (TPSA) is 46.5 Å². The summed E-state index contributed by atoms with van der Waals surface area (Å²) in [6.45, 7) is 7.32. The SMILES string of the molecule is CCC(C)C(=O)OC(C1CCCC1)C(C)(C)O. The van der Waals surface area contributed by atoms with E-state index in [1.165, 1.54) is 12.8 Å². The van der Waals surface area contributed by atoms with Gasteiger partial charge in [0.15, 0.2) is 0 Å². The summed E-state index contributed by atoms with van der Waals surface area (Å²) in [4.78, 5) is 11.9. The summed E-state index contributed by atoms with van der Waals surface area (Å²) in [6.07, 6.45) is 4.90. The van der Waals surface area contributed by atoms with Crippen molar-refractivity contribution in [3.63, 3.8) is 0 Å². The Labute approximate surface area is 105 Å². The molecule has 0 aliphatic heterocycles. The van der Waals surface area contributed by atoms with Crippen LogP contribution in [0.15, 0.2) is 0 Å². The highest BCUT2D eigenvalue weighted by atomic mass is 16.6. The van der Waals surface area contributed by atoms with Gasteiger partial charge in [-0.1, -0.05) is 26.7 Å². The third-order valence-electron chi connectivity index (χ3n) is 3.78. The lowest BCUT2D eigenvalue weighted by molar-refractivity contribution is -0.172. The van der Waals surface area contributed by atoms with E-state index in [1.807, 2.05) is 13.8 Å². The standard InChI is InChI=1S/C14H26O3/c1-5-10(2)13(15)17-12(14(3,4)16)11-8-6-7-9-11/h10-12,16H,5-9H2,1-4H3. The number of aliphatic hydroxyl groups is 1. The lowest BCUT2D eigenvalue weighted by Crippen LogP contribution is -2.45. The molecule has 1 N–H and O–H groups in total. The van der Waals surface area contributed by atoms with E-state index in [1.54, 1.807) is 13.8 Å². The third-order valence-corrected chi connectivity index (χ3v) is 3.78. The van der Waals surface area contributed by atoms with Crippen LogP contribution in [-0.4, -0.2) is 22.8 Å². The highest BCUT2D eigenvalue weighted by Gasteiger charge is 2.39. The van der Waals surface area contributed by atoms with Crippen LogP contribution in [-0.2, 0) is 9.53 Å². The summed E-state index contributed by atoms with van der Waals surface area (Å²) in [5.74, 6) is 0.0655. The maximum Gasteiger partial charge on any atom is 0.309 e. The second-order valence-corrected chi connectivity index (χ2v) is 5.86. The Balaban J connectivity index is 2.67. The molecule has 1 rings (SSSR count). The Bertz CT molecular complexity index is 249. The van der Waals surface area contributed by atoms with Crippen molar-refractivity contribution in [2.45, 2.75) is 71.5 Å². The van der Waals surface area contributed by atoms with Crippen LogP contribution in [0, 0.1) is 11.8 Å². The predicted molar refractivity (Wildman–Crippen MR) is 67.6 cm³/mol. The van der Waals surface area contributed by atoms with Gasteiger partial charge < -0.3 is 9.84 Å². The van der Waals surface area contributed by atoms with Gasteiger partial charge in [0.2, 0.25) is 0 Å². The highest BCUT2D eigenvalue weighted by Crippen LogP contribution is 2.34.